The fourth-order valence-corrected chi connectivity index (χ4v) is 3.50. The summed E-state index contributed by atoms with van der Waals surface area (Å²) in [7, 11) is 0. The average molecular weight is 408 g/mol. The van der Waals surface area contributed by atoms with Crippen molar-refractivity contribution in [1.29, 1.82) is 0 Å². The van der Waals surface area contributed by atoms with Crippen LogP contribution in [-0.4, -0.2) is 51.8 Å². The van der Waals surface area contributed by atoms with Crippen molar-refractivity contribution in [2.45, 2.75) is 33.2 Å². The summed E-state index contributed by atoms with van der Waals surface area (Å²) in [5.74, 6) is -0.202. The van der Waals surface area contributed by atoms with E-state index in [9.17, 15) is 9.59 Å². The number of amides is 1. The molecule has 7 nitrogen and oxygen atoms in total. The van der Waals surface area contributed by atoms with Gasteiger partial charge in [0.05, 0.1) is 11.1 Å². The zero-order chi connectivity index (χ0) is 21.3. The van der Waals surface area contributed by atoms with E-state index in [4.69, 9.17) is 0 Å². The van der Waals surface area contributed by atoms with Gasteiger partial charge in [-0.2, -0.15) is 5.10 Å². The Balaban J connectivity index is 1.74. The third-order valence-corrected chi connectivity index (χ3v) is 5.20. The van der Waals surface area contributed by atoms with Gasteiger partial charge in [-0.1, -0.05) is 38.1 Å². The third kappa shape index (κ3) is 5.51. The van der Waals surface area contributed by atoms with Crippen molar-refractivity contribution in [2.75, 3.05) is 26.2 Å². The largest absolute Gasteiger partial charge is 0.354 e. The molecular formula is C23H29N5O2. The van der Waals surface area contributed by atoms with Gasteiger partial charge in [-0.15, -0.1) is 0 Å². The van der Waals surface area contributed by atoms with Gasteiger partial charge >= 0.3 is 0 Å². The van der Waals surface area contributed by atoms with E-state index in [1.165, 1.54) is 4.68 Å². The maximum Gasteiger partial charge on any atom is 0.275 e. The predicted octanol–water partition coefficient (Wildman–Crippen LogP) is 2.23. The summed E-state index contributed by atoms with van der Waals surface area (Å²) in [4.78, 5) is 31.8. The highest BCUT2D eigenvalue weighted by Gasteiger charge is 2.13. The number of carbonyl (C=O) groups is 1. The number of carbonyl (C=O) groups excluding carboxylic acids is 1. The number of fused-ring (bicyclic) bond motifs is 1. The molecule has 0 unspecified atom stereocenters. The second-order valence-corrected chi connectivity index (χ2v) is 7.22. The van der Waals surface area contributed by atoms with Crippen molar-refractivity contribution in [3.8, 4) is 0 Å². The van der Waals surface area contributed by atoms with Gasteiger partial charge in [-0.3, -0.25) is 14.6 Å². The molecule has 0 saturated heterocycles. The molecule has 3 aromatic rings. The number of pyridine rings is 1. The quantitative estimate of drug-likeness (QED) is 0.522. The van der Waals surface area contributed by atoms with Gasteiger partial charge in [0.2, 0.25) is 5.91 Å². The minimum absolute atomic E-state index is 0.0883. The molecule has 3 rings (SSSR count). The predicted molar refractivity (Wildman–Crippen MR) is 118 cm³/mol. The standard InChI is InChI=1S/C23H29N5O2/c1-3-27(4-2)14-8-13-25-22(29)17-28-23(30)20-11-6-5-10-19(20)21(26-28)15-18-9-7-12-24-16-18/h5-7,9-12,16H,3-4,8,13-15,17H2,1-2H3,(H,25,29). The monoisotopic (exact) mass is 407 g/mol. The van der Waals surface area contributed by atoms with Gasteiger partial charge < -0.3 is 10.2 Å². The van der Waals surface area contributed by atoms with Crippen LogP contribution in [0.1, 0.15) is 31.5 Å². The van der Waals surface area contributed by atoms with Crippen LogP contribution in [0.3, 0.4) is 0 Å². The molecule has 0 atom stereocenters. The van der Waals surface area contributed by atoms with Crippen molar-refractivity contribution in [2.24, 2.45) is 0 Å². The van der Waals surface area contributed by atoms with Gasteiger partial charge in [-0.25, -0.2) is 4.68 Å². The molecule has 0 fully saturated rings. The second-order valence-electron chi connectivity index (χ2n) is 7.22. The summed E-state index contributed by atoms with van der Waals surface area (Å²) in [5, 5.41) is 8.81. The number of benzene rings is 1. The van der Waals surface area contributed by atoms with Gasteiger partial charge in [0.1, 0.15) is 6.54 Å². The summed E-state index contributed by atoms with van der Waals surface area (Å²) in [6.45, 7) is 7.69. The van der Waals surface area contributed by atoms with Crippen LogP contribution in [0, 0.1) is 0 Å². The van der Waals surface area contributed by atoms with E-state index in [1.807, 2.05) is 30.3 Å². The molecule has 0 spiro atoms. The molecular weight excluding hydrogens is 378 g/mol. The molecule has 0 bridgehead atoms. The first-order chi connectivity index (χ1) is 14.6. The molecule has 7 heteroatoms. The highest BCUT2D eigenvalue weighted by Crippen LogP contribution is 2.16. The molecule has 1 aromatic carbocycles. The van der Waals surface area contributed by atoms with Crippen molar-refractivity contribution in [1.82, 2.24) is 25.0 Å². The number of hydrogen-bond donors (Lipinski definition) is 1. The number of nitrogens with zero attached hydrogens (tertiary/aromatic N) is 4. The third-order valence-electron chi connectivity index (χ3n) is 5.20. The Morgan fingerprint density at radius 1 is 1.10 bits per heavy atom. The fraction of sp³-hybridized carbons (Fsp3) is 0.391. The summed E-state index contributed by atoms with van der Waals surface area (Å²) in [5.41, 5.74) is 1.51. The Hall–Kier alpha value is -3.06. The SMILES string of the molecule is CCN(CC)CCCNC(=O)Cn1nc(Cc2cccnc2)c2ccccc2c1=O. The van der Waals surface area contributed by atoms with Crippen LogP contribution in [0.5, 0.6) is 0 Å². The van der Waals surface area contributed by atoms with E-state index in [0.29, 0.717) is 18.4 Å². The zero-order valence-electron chi connectivity index (χ0n) is 17.7. The highest BCUT2D eigenvalue weighted by molar-refractivity contribution is 5.84. The Morgan fingerprint density at radius 2 is 1.87 bits per heavy atom. The average Bonchev–Trinajstić information content (AvgIpc) is 2.78. The topological polar surface area (TPSA) is 80.1 Å². The first kappa shape index (κ1) is 21.6. The van der Waals surface area contributed by atoms with Crippen molar-refractivity contribution < 1.29 is 4.79 Å². The molecule has 30 heavy (non-hydrogen) atoms. The summed E-state index contributed by atoms with van der Waals surface area (Å²) in [6, 6.07) is 11.2. The lowest BCUT2D eigenvalue weighted by Gasteiger charge is -2.17. The number of rotatable bonds is 10. The molecule has 0 saturated carbocycles. The van der Waals surface area contributed by atoms with Gasteiger partial charge in [-0.05, 0) is 43.8 Å². The zero-order valence-corrected chi connectivity index (χ0v) is 17.7. The maximum atomic E-state index is 12.9. The van der Waals surface area contributed by atoms with E-state index in [-0.39, 0.29) is 18.0 Å². The molecule has 1 amide bonds. The second kappa shape index (κ2) is 10.6. The highest BCUT2D eigenvalue weighted by atomic mass is 16.2. The summed E-state index contributed by atoms with van der Waals surface area (Å²) in [6.07, 6.45) is 4.93. The molecule has 0 radical (unpaired) electrons. The van der Waals surface area contributed by atoms with Crippen LogP contribution < -0.4 is 10.9 Å². The van der Waals surface area contributed by atoms with Gasteiger partial charge in [0.15, 0.2) is 0 Å². The molecule has 0 aliphatic rings. The van der Waals surface area contributed by atoms with Crippen LogP contribution in [0.15, 0.2) is 53.6 Å². The Bertz CT molecular complexity index is 1030. The molecule has 2 heterocycles. The number of hydrogen-bond acceptors (Lipinski definition) is 5. The van der Waals surface area contributed by atoms with Crippen LogP contribution in [-0.2, 0) is 17.8 Å². The van der Waals surface area contributed by atoms with E-state index in [2.05, 4.69) is 34.1 Å². The number of nitrogens with one attached hydrogen (secondary N) is 1. The van der Waals surface area contributed by atoms with Crippen LogP contribution >= 0.6 is 0 Å². The summed E-state index contributed by atoms with van der Waals surface area (Å²) < 4.78 is 1.27. The minimum Gasteiger partial charge on any atom is -0.354 e. The lowest BCUT2D eigenvalue weighted by atomic mass is 10.1. The molecule has 158 valence electrons. The van der Waals surface area contributed by atoms with E-state index >= 15 is 0 Å². The van der Waals surface area contributed by atoms with E-state index in [1.54, 1.807) is 18.5 Å². The Kier molecular flexibility index (Phi) is 7.68. The molecule has 2 aromatic heterocycles. The Morgan fingerprint density at radius 3 is 2.57 bits per heavy atom. The fourth-order valence-electron chi connectivity index (χ4n) is 3.50. The maximum absolute atomic E-state index is 12.9. The lowest BCUT2D eigenvalue weighted by Crippen LogP contribution is -2.35. The van der Waals surface area contributed by atoms with Crippen LogP contribution in [0.2, 0.25) is 0 Å². The molecule has 0 aliphatic carbocycles. The van der Waals surface area contributed by atoms with Crippen molar-refractivity contribution in [3.05, 3.63) is 70.4 Å². The van der Waals surface area contributed by atoms with Gasteiger partial charge in [0.25, 0.3) is 5.56 Å². The number of aromatic nitrogens is 3. The molecule has 1 N–H and O–H groups in total. The first-order valence-electron chi connectivity index (χ1n) is 10.5. The van der Waals surface area contributed by atoms with E-state index < -0.39 is 0 Å². The van der Waals surface area contributed by atoms with Crippen molar-refractivity contribution >= 4 is 16.7 Å². The Labute approximate surface area is 176 Å². The van der Waals surface area contributed by atoms with Gasteiger partial charge in [0, 0.05) is 30.7 Å². The van der Waals surface area contributed by atoms with Crippen LogP contribution in [0.25, 0.3) is 10.8 Å². The smallest absolute Gasteiger partial charge is 0.275 e. The minimum atomic E-state index is -0.251. The summed E-state index contributed by atoms with van der Waals surface area (Å²) >= 11 is 0. The van der Waals surface area contributed by atoms with Crippen molar-refractivity contribution in [3.63, 3.8) is 0 Å². The first-order valence-corrected chi connectivity index (χ1v) is 10.5. The lowest BCUT2D eigenvalue weighted by molar-refractivity contribution is -0.121. The normalized spacial score (nSPS) is 11.2. The molecule has 0 aliphatic heterocycles. The van der Waals surface area contributed by atoms with Crippen LogP contribution in [0.4, 0.5) is 0 Å². The van der Waals surface area contributed by atoms with E-state index in [0.717, 1.165) is 42.7 Å².